The van der Waals surface area contributed by atoms with Crippen LogP contribution < -0.4 is 21.5 Å². The lowest BCUT2D eigenvalue weighted by molar-refractivity contribution is 0.586. The van der Waals surface area contributed by atoms with E-state index in [1.807, 2.05) is 0 Å². The summed E-state index contributed by atoms with van der Waals surface area (Å²) in [7, 11) is 3.43. The highest BCUT2D eigenvalue weighted by atomic mass is 35.5. The van der Waals surface area contributed by atoms with Gasteiger partial charge in [-0.15, -0.1) is 0 Å². The third-order valence-corrected chi connectivity index (χ3v) is 2.69. The highest BCUT2D eigenvalue weighted by Gasteiger charge is 2.13. The molecule has 0 saturated carbocycles. The maximum atomic E-state index is 13.7. The Morgan fingerprint density at radius 1 is 1.14 bits per heavy atom. The molecule has 0 atom stereocenters. The second-order valence-corrected chi connectivity index (χ2v) is 4.60. The number of hydrogen-bond acceptors (Lipinski definition) is 7. The first-order chi connectivity index (χ1) is 9.90. The molecule has 0 aliphatic rings. The summed E-state index contributed by atoms with van der Waals surface area (Å²) in [5, 5.41) is 2.44. The predicted molar refractivity (Wildman–Crippen MR) is 76.6 cm³/mol. The summed E-state index contributed by atoms with van der Waals surface area (Å²) in [6.07, 6.45) is 0. The van der Waals surface area contributed by atoms with Crippen molar-refractivity contribution in [1.82, 2.24) is 15.0 Å². The number of rotatable bonds is 4. The Hall–Kier alpha value is -2.26. The van der Waals surface area contributed by atoms with Crippen LogP contribution in [-0.2, 0) is 0 Å². The minimum absolute atomic E-state index is 0.00839. The van der Waals surface area contributed by atoms with Crippen LogP contribution in [0.5, 0.6) is 0 Å². The molecule has 0 aliphatic carbocycles. The number of anilines is 4. The van der Waals surface area contributed by atoms with Gasteiger partial charge in [0.2, 0.25) is 17.8 Å². The Bertz CT molecular complexity index is 642. The molecule has 4 N–H and O–H groups in total. The predicted octanol–water partition coefficient (Wildman–Crippen LogP) is 1.90. The van der Waals surface area contributed by atoms with Crippen molar-refractivity contribution in [3.63, 3.8) is 0 Å². The van der Waals surface area contributed by atoms with Crippen LogP contribution in [0.1, 0.15) is 0 Å². The van der Waals surface area contributed by atoms with E-state index in [9.17, 15) is 8.78 Å². The quantitative estimate of drug-likeness (QED) is 0.586. The van der Waals surface area contributed by atoms with E-state index in [0.29, 0.717) is 12.0 Å². The van der Waals surface area contributed by atoms with Crippen LogP contribution in [0.25, 0.3) is 0 Å². The number of hydrazine groups is 1. The Balaban J connectivity index is 2.42. The molecule has 0 saturated heterocycles. The molecular formula is C11H12ClF2N7. The van der Waals surface area contributed by atoms with E-state index in [0.717, 1.165) is 6.07 Å². The van der Waals surface area contributed by atoms with Gasteiger partial charge < -0.3 is 10.2 Å². The number of nitrogens with one attached hydrogen (secondary N) is 2. The van der Waals surface area contributed by atoms with Crippen LogP contribution >= 0.6 is 11.6 Å². The van der Waals surface area contributed by atoms with E-state index in [1.165, 1.54) is 0 Å². The highest BCUT2D eigenvalue weighted by molar-refractivity contribution is 6.33. The Morgan fingerprint density at radius 3 is 2.38 bits per heavy atom. The van der Waals surface area contributed by atoms with Crippen molar-refractivity contribution < 1.29 is 8.78 Å². The summed E-state index contributed by atoms with van der Waals surface area (Å²) >= 11 is 5.80. The second kappa shape index (κ2) is 6.02. The van der Waals surface area contributed by atoms with Gasteiger partial charge in [0.05, 0.1) is 10.7 Å². The number of benzene rings is 1. The van der Waals surface area contributed by atoms with E-state index in [4.69, 9.17) is 17.4 Å². The molecular weight excluding hydrogens is 304 g/mol. The molecule has 1 aromatic carbocycles. The van der Waals surface area contributed by atoms with Crippen molar-refractivity contribution in [2.24, 2.45) is 5.84 Å². The molecule has 7 nitrogen and oxygen atoms in total. The zero-order chi connectivity index (χ0) is 15.6. The van der Waals surface area contributed by atoms with Crippen molar-refractivity contribution in [3.05, 3.63) is 28.8 Å². The molecule has 21 heavy (non-hydrogen) atoms. The number of aromatic nitrogens is 3. The topological polar surface area (TPSA) is 92.0 Å². The largest absolute Gasteiger partial charge is 0.347 e. The number of halogens is 3. The SMILES string of the molecule is CN(C)c1nc(NN)nc(Nc2c(F)cc(F)cc2Cl)n1. The highest BCUT2D eigenvalue weighted by Crippen LogP contribution is 2.28. The van der Waals surface area contributed by atoms with Crippen LogP contribution in [0, 0.1) is 11.6 Å². The lowest BCUT2D eigenvalue weighted by Gasteiger charge is -2.14. The molecule has 0 unspecified atom stereocenters. The summed E-state index contributed by atoms with van der Waals surface area (Å²) in [5.41, 5.74) is 2.13. The fourth-order valence-corrected chi connectivity index (χ4v) is 1.70. The molecule has 0 fully saturated rings. The van der Waals surface area contributed by atoms with Gasteiger partial charge in [-0.1, -0.05) is 11.6 Å². The molecule has 1 heterocycles. The fraction of sp³-hybridized carbons (Fsp3) is 0.182. The molecule has 0 amide bonds. The van der Waals surface area contributed by atoms with Crippen LogP contribution in [0.15, 0.2) is 12.1 Å². The van der Waals surface area contributed by atoms with Gasteiger partial charge in [-0.05, 0) is 6.07 Å². The molecule has 2 rings (SSSR count). The van der Waals surface area contributed by atoms with Crippen molar-refractivity contribution in [2.75, 3.05) is 29.7 Å². The summed E-state index contributed by atoms with van der Waals surface area (Å²) in [5.74, 6) is 3.99. The first-order valence-electron chi connectivity index (χ1n) is 5.72. The monoisotopic (exact) mass is 315 g/mol. The van der Waals surface area contributed by atoms with Gasteiger partial charge in [0.15, 0.2) is 5.82 Å². The fourth-order valence-electron chi connectivity index (χ4n) is 1.46. The summed E-state index contributed by atoms with van der Waals surface area (Å²) in [6, 6.07) is 1.67. The van der Waals surface area contributed by atoms with Crippen molar-refractivity contribution in [1.29, 1.82) is 0 Å². The average Bonchev–Trinajstić information content (AvgIpc) is 2.42. The van der Waals surface area contributed by atoms with E-state index < -0.39 is 11.6 Å². The minimum atomic E-state index is -0.867. The lowest BCUT2D eigenvalue weighted by Crippen LogP contribution is -2.18. The second-order valence-electron chi connectivity index (χ2n) is 4.19. The van der Waals surface area contributed by atoms with Gasteiger partial charge in [-0.25, -0.2) is 14.6 Å². The van der Waals surface area contributed by atoms with Crippen molar-refractivity contribution >= 4 is 35.1 Å². The number of hydrogen-bond donors (Lipinski definition) is 3. The number of nitrogens with zero attached hydrogens (tertiary/aromatic N) is 4. The smallest absolute Gasteiger partial charge is 0.243 e. The average molecular weight is 316 g/mol. The first kappa shape index (κ1) is 15.1. The summed E-state index contributed by atoms with van der Waals surface area (Å²) in [6.45, 7) is 0. The number of nitrogens with two attached hydrogens (primary N) is 1. The van der Waals surface area contributed by atoms with E-state index in [2.05, 4.69) is 25.7 Å². The molecule has 0 aliphatic heterocycles. The van der Waals surface area contributed by atoms with Gasteiger partial charge >= 0.3 is 0 Å². The molecule has 10 heteroatoms. The van der Waals surface area contributed by atoms with Crippen LogP contribution in [0.4, 0.5) is 32.3 Å². The zero-order valence-electron chi connectivity index (χ0n) is 11.2. The third kappa shape index (κ3) is 3.44. The van der Waals surface area contributed by atoms with Gasteiger partial charge in [0.1, 0.15) is 5.82 Å². The van der Waals surface area contributed by atoms with E-state index in [-0.39, 0.29) is 22.6 Å². The van der Waals surface area contributed by atoms with Crippen LogP contribution in [0.3, 0.4) is 0 Å². The maximum Gasteiger partial charge on any atom is 0.243 e. The van der Waals surface area contributed by atoms with Gasteiger partial charge in [-0.3, -0.25) is 5.43 Å². The normalized spacial score (nSPS) is 10.4. The Labute approximate surface area is 124 Å². The maximum absolute atomic E-state index is 13.7. The van der Waals surface area contributed by atoms with Crippen molar-refractivity contribution in [2.45, 2.75) is 0 Å². The molecule has 112 valence electrons. The third-order valence-electron chi connectivity index (χ3n) is 2.40. The van der Waals surface area contributed by atoms with Crippen LogP contribution in [0.2, 0.25) is 5.02 Å². The minimum Gasteiger partial charge on any atom is -0.347 e. The summed E-state index contributed by atoms with van der Waals surface area (Å²) in [4.78, 5) is 13.6. The van der Waals surface area contributed by atoms with Gasteiger partial charge in [0.25, 0.3) is 0 Å². The van der Waals surface area contributed by atoms with Crippen LogP contribution in [-0.4, -0.2) is 29.0 Å². The van der Waals surface area contributed by atoms with Gasteiger partial charge in [-0.2, -0.15) is 15.0 Å². The summed E-state index contributed by atoms with van der Waals surface area (Å²) < 4.78 is 26.7. The molecule has 2 aromatic rings. The van der Waals surface area contributed by atoms with E-state index >= 15 is 0 Å². The Morgan fingerprint density at radius 2 is 1.81 bits per heavy atom. The zero-order valence-corrected chi connectivity index (χ0v) is 11.9. The standard InChI is InChI=1S/C11H12ClF2N7/c1-21(2)11-18-9(17-10(19-11)20-15)16-8-6(12)3-5(13)4-7(8)14/h3-4H,15H2,1-2H3,(H2,16,17,18,19,20). The lowest BCUT2D eigenvalue weighted by atomic mass is 10.3. The Kier molecular flexibility index (Phi) is 4.34. The van der Waals surface area contributed by atoms with E-state index in [1.54, 1.807) is 19.0 Å². The molecule has 0 spiro atoms. The molecule has 0 bridgehead atoms. The number of nitrogen functional groups attached to an aromatic ring is 1. The van der Waals surface area contributed by atoms with Gasteiger partial charge in [0, 0.05) is 20.2 Å². The molecule has 1 aromatic heterocycles. The first-order valence-corrected chi connectivity index (χ1v) is 6.10. The molecule has 0 radical (unpaired) electrons. The van der Waals surface area contributed by atoms with Crippen molar-refractivity contribution in [3.8, 4) is 0 Å².